The molecule has 0 bridgehead atoms. The van der Waals surface area contributed by atoms with Crippen LogP contribution < -0.4 is 4.74 Å². The van der Waals surface area contributed by atoms with Crippen molar-refractivity contribution in [2.45, 2.75) is 13.8 Å². The molecule has 0 heterocycles. The molecule has 0 saturated carbocycles. The summed E-state index contributed by atoms with van der Waals surface area (Å²) in [6, 6.07) is 5.90. The number of rotatable bonds is 3. The Morgan fingerprint density at radius 2 is 1.85 bits per heavy atom. The van der Waals surface area contributed by atoms with Crippen molar-refractivity contribution in [3.05, 3.63) is 42.4 Å². The topological polar surface area (TPSA) is 9.23 Å². The monoisotopic (exact) mass is 180 g/mol. The summed E-state index contributed by atoms with van der Waals surface area (Å²) in [5.41, 5.74) is 0. The largest absolute Gasteiger partial charge is 0.462 e. The van der Waals surface area contributed by atoms with E-state index in [1.165, 1.54) is 12.1 Å². The number of hydrogen-bond donors (Lipinski definition) is 0. The molecule has 0 aromatic heterocycles. The van der Waals surface area contributed by atoms with Crippen LogP contribution in [0.3, 0.4) is 0 Å². The van der Waals surface area contributed by atoms with Crippen molar-refractivity contribution in [3.8, 4) is 5.75 Å². The van der Waals surface area contributed by atoms with Crippen molar-refractivity contribution in [1.29, 1.82) is 0 Å². The lowest BCUT2D eigenvalue weighted by atomic mass is 10.2. The lowest BCUT2D eigenvalue weighted by Gasteiger charge is -2.10. The normalized spacial score (nSPS) is 10.2. The molecule has 0 unspecified atom stereocenters. The van der Waals surface area contributed by atoms with Gasteiger partial charge in [-0.3, -0.25) is 0 Å². The van der Waals surface area contributed by atoms with E-state index < -0.39 is 0 Å². The van der Waals surface area contributed by atoms with E-state index in [2.05, 4.69) is 6.58 Å². The highest BCUT2D eigenvalue weighted by atomic mass is 19.1. The van der Waals surface area contributed by atoms with E-state index in [1.54, 1.807) is 12.1 Å². The maximum Gasteiger partial charge on any atom is 0.127 e. The van der Waals surface area contributed by atoms with Gasteiger partial charge in [0.15, 0.2) is 0 Å². The second kappa shape index (κ2) is 4.08. The quantitative estimate of drug-likeness (QED) is 0.648. The van der Waals surface area contributed by atoms with Crippen molar-refractivity contribution in [2.75, 3.05) is 0 Å². The third-order valence-corrected chi connectivity index (χ3v) is 1.71. The molecular weight excluding hydrogens is 167 g/mol. The molecule has 70 valence electrons. The van der Waals surface area contributed by atoms with Crippen LogP contribution in [0, 0.1) is 11.7 Å². The van der Waals surface area contributed by atoms with Gasteiger partial charge in [-0.2, -0.15) is 0 Å². The highest BCUT2D eigenvalue weighted by Gasteiger charge is 2.02. The van der Waals surface area contributed by atoms with Gasteiger partial charge in [-0.25, -0.2) is 4.39 Å². The standard InChI is InChI=1S/C11H13FO/c1-8(2)9(3)13-11-6-4-10(12)5-7-11/h4-8H,3H2,1-2H3. The molecule has 1 nitrogen and oxygen atoms in total. The molecule has 0 spiro atoms. The van der Waals surface area contributed by atoms with Gasteiger partial charge in [-0.05, 0) is 24.3 Å². The molecular formula is C11H13FO. The summed E-state index contributed by atoms with van der Waals surface area (Å²) in [5.74, 6) is 1.32. The van der Waals surface area contributed by atoms with Crippen molar-refractivity contribution >= 4 is 0 Å². The Hall–Kier alpha value is -1.31. The number of allylic oxidation sites excluding steroid dienone is 1. The highest BCUT2D eigenvalue weighted by Crippen LogP contribution is 2.17. The van der Waals surface area contributed by atoms with E-state index in [-0.39, 0.29) is 11.7 Å². The van der Waals surface area contributed by atoms with E-state index in [0.29, 0.717) is 11.5 Å². The second-order valence-corrected chi connectivity index (χ2v) is 3.18. The molecule has 1 aromatic rings. The summed E-state index contributed by atoms with van der Waals surface area (Å²) in [6.07, 6.45) is 0. The molecule has 2 heteroatoms. The van der Waals surface area contributed by atoms with Gasteiger partial charge in [0.1, 0.15) is 11.6 Å². The van der Waals surface area contributed by atoms with Crippen LogP contribution in [-0.4, -0.2) is 0 Å². The van der Waals surface area contributed by atoms with E-state index in [9.17, 15) is 4.39 Å². The van der Waals surface area contributed by atoms with Crippen molar-refractivity contribution < 1.29 is 9.13 Å². The maximum atomic E-state index is 12.5. The summed E-state index contributed by atoms with van der Waals surface area (Å²) in [7, 11) is 0. The van der Waals surface area contributed by atoms with Crippen LogP contribution in [0.25, 0.3) is 0 Å². The van der Waals surface area contributed by atoms with Crippen LogP contribution in [-0.2, 0) is 0 Å². The minimum absolute atomic E-state index is 0.262. The minimum Gasteiger partial charge on any atom is -0.462 e. The molecule has 0 radical (unpaired) electrons. The zero-order valence-electron chi connectivity index (χ0n) is 7.88. The first-order chi connectivity index (χ1) is 6.09. The fraction of sp³-hybridized carbons (Fsp3) is 0.273. The van der Waals surface area contributed by atoms with Crippen molar-refractivity contribution in [2.24, 2.45) is 5.92 Å². The zero-order valence-corrected chi connectivity index (χ0v) is 7.88. The Labute approximate surface area is 77.8 Å². The summed E-state index contributed by atoms with van der Waals surface area (Å²) < 4.78 is 17.9. The second-order valence-electron chi connectivity index (χ2n) is 3.18. The minimum atomic E-state index is -0.262. The fourth-order valence-electron chi connectivity index (χ4n) is 0.772. The van der Waals surface area contributed by atoms with Crippen LogP contribution in [0.2, 0.25) is 0 Å². The Bertz CT molecular complexity index is 287. The summed E-state index contributed by atoms with van der Waals surface area (Å²) in [4.78, 5) is 0. The van der Waals surface area contributed by atoms with Gasteiger partial charge in [0.05, 0.1) is 5.76 Å². The molecule has 0 amide bonds. The van der Waals surface area contributed by atoms with Crippen LogP contribution in [0.4, 0.5) is 4.39 Å². The molecule has 1 rings (SSSR count). The number of ether oxygens (including phenoxy) is 1. The van der Waals surface area contributed by atoms with Gasteiger partial charge in [-0.15, -0.1) is 0 Å². The zero-order chi connectivity index (χ0) is 9.84. The van der Waals surface area contributed by atoms with Crippen molar-refractivity contribution in [1.82, 2.24) is 0 Å². The maximum absolute atomic E-state index is 12.5. The predicted molar refractivity (Wildman–Crippen MR) is 51.0 cm³/mol. The SMILES string of the molecule is C=C(Oc1ccc(F)cc1)C(C)C. The first kappa shape index (κ1) is 9.78. The van der Waals surface area contributed by atoms with Gasteiger partial charge in [0.2, 0.25) is 0 Å². The molecule has 0 atom stereocenters. The van der Waals surface area contributed by atoms with Crippen LogP contribution >= 0.6 is 0 Å². The Balaban J connectivity index is 2.65. The smallest absolute Gasteiger partial charge is 0.127 e. The molecule has 0 fully saturated rings. The van der Waals surface area contributed by atoms with Gasteiger partial charge in [0.25, 0.3) is 0 Å². The lowest BCUT2D eigenvalue weighted by Crippen LogP contribution is -2.00. The molecule has 0 aliphatic rings. The molecule has 0 saturated heterocycles. The van der Waals surface area contributed by atoms with E-state index in [1.807, 2.05) is 13.8 Å². The van der Waals surface area contributed by atoms with E-state index in [0.717, 1.165) is 0 Å². The fourth-order valence-corrected chi connectivity index (χ4v) is 0.772. The lowest BCUT2D eigenvalue weighted by molar-refractivity contribution is 0.370. The first-order valence-electron chi connectivity index (χ1n) is 4.22. The molecule has 0 aliphatic heterocycles. The summed E-state index contributed by atoms with van der Waals surface area (Å²) in [5, 5.41) is 0. The van der Waals surface area contributed by atoms with Crippen LogP contribution in [0.1, 0.15) is 13.8 Å². The average molecular weight is 180 g/mol. The third-order valence-electron chi connectivity index (χ3n) is 1.71. The molecule has 1 aromatic carbocycles. The Kier molecular flexibility index (Phi) is 3.07. The number of halogens is 1. The molecule has 0 N–H and O–H groups in total. The van der Waals surface area contributed by atoms with Crippen molar-refractivity contribution in [3.63, 3.8) is 0 Å². The van der Waals surface area contributed by atoms with E-state index in [4.69, 9.17) is 4.74 Å². The van der Waals surface area contributed by atoms with Gasteiger partial charge in [-0.1, -0.05) is 20.4 Å². The Morgan fingerprint density at radius 1 is 1.31 bits per heavy atom. The summed E-state index contributed by atoms with van der Waals surface area (Å²) >= 11 is 0. The Morgan fingerprint density at radius 3 is 2.31 bits per heavy atom. The van der Waals surface area contributed by atoms with Gasteiger partial charge in [0, 0.05) is 5.92 Å². The van der Waals surface area contributed by atoms with Gasteiger partial charge < -0.3 is 4.74 Å². The van der Waals surface area contributed by atoms with E-state index >= 15 is 0 Å². The predicted octanol–water partition coefficient (Wildman–Crippen LogP) is 3.37. The molecule has 0 aliphatic carbocycles. The van der Waals surface area contributed by atoms with Gasteiger partial charge >= 0.3 is 0 Å². The average Bonchev–Trinajstić information content (AvgIpc) is 2.08. The highest BCUT2D eigenvalue weighted by molar-refractivity contribution is 5.24. The number of benzene rings is 1. The van der Waals surface area contributed by atoms with Crippen LogP contribution in [0.5, 0.6) is 5.75 Å². The first-order valence-corrected chi connectivity index (χ1v) is 4.22. The van der Waals surface area contributed by atoms with Crippen LogP contribution in [0.15, 0.2) is 36.6 Å². The third kappa shape index (κ3) is 2.90. The summed E-state index contributed by atoms with van der Waals surface area (Å²) in [6.45, 7) is 7.74. The molecule has 13 heavy (non-hydrogen) atoms. The number of hydrogen-bond acceptors (Lipinski definition) is 1.